The van der Waals surface area contributed by atoms with E-state index in [4.69, 9.17) is 4.18 Å². The van der Waals surface area contributed by atoms with Crippen molar-refractivity contribution in [2.24, 2.45) is 28.6 Å². The fourth-order valence-corrected chi connectivity index (χ4v) is 7.99. The van der Waals surface area contributed by atoms with Crippen molar-refractivity contribution in [1.82, 2.24) is 9.55 Å². The molecule has 4 aliphatic carbocycles. The van der Waals surface area contributed by atoms with Crippen molar-refractivity contribution in [2.75, 3.05) is 6.26 Å². The number of halogens is 1. The molecule has 2 fully saturated rings. The van der Waals surface area contributed by atoms with Gasteiger partial charge in [-0.3, -0.25) is 4.18 Å². The summed E-state index contributed by atoms with van der Waals surface area (Å²) in [7, 11) is -3.42. The average molecular weight is 435 g/mol. The molecule has 1 aromatic heterocycles. The summed E-state index contributed by atoms with van der Waals surface area (Å²) < 4.78 is 44.0. The van der Waals surface area contributed by atoms with E-state index in [1.807, 2.05) is 4.57 Å². The molecule has 0 radical (unpaired) electrons. The SMILES string of the molecule is C[C@]12CC[C@H](OS(C)(=O)=O)CC1=CCC1C2CC[C@]2(C)C(n3cnc(F)c3)=CCC12. The summed E-state index contributed by atoms with van der Waals surface area (Å²) in [6.45, 7) is 4.74. The van der Waals surface area contributed by atoms with E-state index in [1.165, 1.54) is 17.5 Å². The second-order valence-electron chi connectivity index (χ2n) is 10.3. The van der Waals surface area contributed by atoms with E-state index in [-0.39, 0.29) is 16.9 Å². The van der Waals surface area contributed by atoms with Gasteiger partial charge >= 0.3 is 0 Å². The van der Waals surface area contributed by atoms with Gasteiger partial charge in [0.25, 0.3) is 10.1 Å². The van der Waals surface area contributed by atoms with Gasteiger partial charge in [0.2, 0.25) is 5.95 Å². The van der Waals surface area contributed by atoms with Crippen LogP contribution in [0.1, 0.15) is 58.8 Å². The van der Waals surface area contributed by atoms with Crippen molar-refractivity contribution in [1.29, 1.82) is 0 Å². The van der Waals surface area contributed by atoms with E-state index in [0.29, 0.717) is 17.8 Å². The lowest BCUT2D eigenvalue weighted by molar-refractivity contribution is -0.0217. The van der Waals surface area contributed by atoms with Gasteiger partial charge < -0.3 is 4.57 Å². The number of fused-ring (bicyclic) bond motifs is 5. The second kappa shape index (κ2) is 6.76. The van der Waals surface area contributed by atoms with Gasteiger partial charge in [-0.05, 0) is 68.1 Å². The molecule has 3 unspecified atom stereocenters. The van der Waals surface area contributed by atoms with Crippen molar-refractivity contribution in [2.45, 2.75) is 64.9 Å². The Morgan fingerprint density at radius 1 is 1.13 bits per heavy atom. The first-order valence-corrected chi connectivity index (χ1v) is 12.9. The average Bonchev–Trinajstić information content (AvgIpc) is 3.23. The number of rotatable bonds is 3. The Labute approximate surface area is 178 Å². The van der Waals surface area contributed by atoms with Crippen LogP contribution in [0.4, 0.5) is 4.39 Å². The summed E-state index contributed by atoms with van der Waals surface area (Å²) in [5, 5.41) is 0. The summed E-state index contributed by atoms with van der Waals surface area (Å²) in [4.78, 5) is 3.80. The van der Waals surface area contributed by atoms with E-state index in [2.05, 4.69) is 31.0 Å². The van der Waals surface area contributed by atoms with Crippen LogP contribution in [-0.2, 0) is 14.3 Å². The number of imidazole rings is 1. The summed E-state index contributed by atoms with van der Waals surface area (Å²) in [6, 6.07) is 0. The Bertz CT molecular complexity index is 1030. The molecule has 2 saturated carbocycles. The minimum atomic E-state index is -3.42. The molecule has 164 valence electrons. The van der Waals surface area contributed by atoms with Crippen molar-refractivity contribution < 1.29 is 17.0 Å². The van der Waals surface area contributed by atoms with Crippen LogP contribution in [0, 0.1) is 34.5 Å². The summed E-state index contributed by atoms with van der Waals surface area (Å²) in [5.41, 5.74) is 2.78. The minimum Gasteiger partial charge on any atom is -0.307 e. The zero-order valence-corrected chi connectivity index (χ0v) is 18.8. The Balaban J connectivity index is 1.40. The Morgan fingerprint density at radius 3 is 2.60 bits per heavy atom. The van der Waals surface area contributed by atoms with E-state index in [0.717, 1.165) is 51.2 Å². The Kier molecular flexibility index (Phi) is 4.61. The second-order valence-corrected chi connectivity index (χ2v) is 11.9. The van der Waals surface area contributed by atoms with Gasteiger partial charge in [-0.15, -0.1) is 0 Å². The van der Waals surface area contributed by atoms with Crippen LogP contribution >= 0.6 is 0 Å². The van der Waals surface area contributed by atoms with Crippen LogP contribution in [0.25, 0.3) is 5.70 Å². The van der Waals surface area contributed by atoms with Crippen LogP contribution in [0.3, 0.4) is 0 Å². The predicted molar refractivity (Wildman–Crippen MR) is 113 cm³/mol. The monoisotopic (exact) mass is 434 g/mol. The highest BCUT2D eigenvalue weighted by Gasteiger charge is 2.57. The molecule has 0 amide bonds. The lowest BCUT2D eigenvalue weighted by Gasteiger charge is -2.57. The van der Waals surface area contributed by atoms with Gasteiger partial charge in [0.05, 0.1) is 18.6 Å². The number of hydrogen-bond donors (Lipinski definition) is 0. The maximum absolute atomic E-state index is 13.6. The van der Waals surface area contributed by atoms with E-state index in [1.54, 1.807) is 6.33 Å². The van der Waals surface area contributed by atoms with Gasteiger partial charge in [0.15, 0.2) is 0 Å². The molecule has 0 spiro atoms. The van der Waals surface area contributed by atoms with E-state index >= 15 is 0 Å². The number of hydrogen-bond acceptors (Lipinski definition) is 4. The van der Waals surface area contributed by atoms with Crippen LogP contribution in [0.5, 0.6) is 0 Å². The summed E-state index contributed by atoms with van der Waals surface area (Å²) >= 11 is 0. The highest BCUT2D eigenvalue weighted by atomic mass is 32.2. The lowest BCUT2D eigenvalue weighted by Crippen LogP contribution is -2.50. The molecule has 0 aliphatic heterocycles. The first-order valence-electron chi connectivity index (χ1n) is 11.1. The highest BCUT2D eigenvalue weighted by molar-refractivity contribution is 7.86. The van der Waals surface area contributed by atoms with Crippen molar-refractivity contribution in [3.05, 3.63) is 36.2 Å². The fourth-order valence-electron chi connectivity index (χ4n) is 7.33. The molecule has 1 heterocycles. The van der Waals surface area contributed by atoms with Crippen molar-refractivity contribution in [3.8, 4) is 0 Å². The molecule has 7 heteroatoms. The zero-order chi connectivity index (χ0) is 21.3. The van der Waals surface area contributed by atoms with Gasteiger partial charge in [-0.2, -0.15) is 12.8 Å². The molecule has 5 nitrogen and oxygen atoms in total. The molecule has 4 aliphatic rings. The van der Waals surface area contributed by atoms with Gasteiger partial charge in [0.1, 0.15) is 6.33 Å². The molecule has 0 bridgehead atoms. The molecule has 30 heavy (non-hydrogen) atoms. The summed E-state index contributed by atoms with van der Waals surface area (Å²) in [6.07, 6.45) is 15.5. The van der Waals surface area contributed by atoms with Gasteiger partial charge in [-0.25, -0.2) is 4.98 Å². The third kappa shape index (κ3) is 3.11. The molecule has 5 rings (SSSR count). The minimum absolute atomic E-state index is 0.0482. The maximum Gasteiger partial charge on any atom is 0.264 e. The molecule has 0 aromatic carbocycles. The number of aromatic nitrogens is 2. The third-order valence-corrected chi connectivity index (χ3v) is 9.36. The lowest BCUT2D eigenvalue weighted by atomic mass is 9.48. The first-order chi connectivity index (χ1) is 14.1. The molecule has 0 saturated heterocycles. The summed E-state index contributed by atoms with van der Waals surface area (Å²) in [5.74, 6) is 1.34. The predicted octanol–water partition coefficient (Wildman–Crippen LogP) is 4.78. The topological polar surface area (TPSA) is 61.2 Å². The first kappa shape index (κ1) is 20.4. The van der Waals surface area contributed by atoms with Gasteiger partial charge in [0, 0.05) is 11.1 Å². The smallest absolute Gasteiger partial charge is 0.264 e. The van der Waals surface area contributed by atoms with Gasteiger partial charge in [-0.1, -0.05) is 31.6 Å². The molecule has 6 atom stereocenters. The maximum atomic E-state index is 13.6. The molecule has 0 N–H and O–H groups in total. The number of nitrogens with zero attached hydrogens (tertiary/aromatic N) is 2. The Hall–Kier alpha value is -1.47. The normalized spacial score (nSPS) is 40.8. The van der Waals surface area contributed by atoms with E-state index in [9.17, 15) is 12.8 Å². The van der Waals surface area contributed by atoms with Crippen molar-refractivity contribution >= 4 is 15.8 Å². The van der Waals surface area contributed by atoms with Crippen LogP contribution in [0.15, 0.2) is 30.2 Å². The quantitative estimate of drug-likeness (QED) is 0.507. The fraction of sp³-hybridized carbons (Fsp3) is 0.696. The molecular weight excluding hydrogens is 403 g/mol. The zero-order valence-electron chi connectivity index (χ0n) is 18.0. The Morgan fingerprint density at radius 2 is 1.90 bits per heavy atom. The van der Waals surface area contributed by atoms with Crippen molar-refractivity contribution in [3.63, 3.8) is 0 Å². The molecular formula is C23H31FN2O3S. The standard InChI is InChI=1S/C23H31FN2O3S/c1-22-10-8-16(29-30(3,27)28)12-15(22)4-5-17-18-6-7-20(26-13-21(24)25-14-26)23(18,2)11-9-19(17)22/h4,7,13-14,16-19H,5-6,8-12H2,1-3H3/t16-,17?,18?,19?,22-,23-/m0/s1. The van der Waals surface area contributed by atoms with Crippen LogP contribution < -0.4 is 0 Å². The number of allylic oxidation sites excluding steroid dienone is 3. The highest BCUT2D eigenvalue weighted by Crippen LogP contribution is 2.65. The largest absolute Gasteiger partial charge is 0.307 e. The van der Waals surface area contributed by atoms with Crippen LogP contribution in [-0.4, -0.2) is 30.3 Å². The van der Waals surface area contributed by atoms with Crippen LogP contribution in [0.2, 0.25) is 0 Å². The van der Waals surface area contributed by atoms with E-state index < -0.39 is 16.1 Å². The third-order valence-electron chi connectivity index (χ3n) is 8.74. The molecule has 1 aromatic rings.